The Kier molecular flexibility index (Phi) is 4.37. The number of aromatic nitrogens is 3. The smallest absolute Gasteiger partial charge is 0.315 e. The van der Waals surface area contributed by atoms with Gasteiger partial charge in [-0.15, -0.1) is 11.3 Å². The van der Waals surface area contributed by atoms with Crippen LogP contribution in [0.4, 0.5) is 4.79 Å². The molecule has 118 valence electrons. The Hall–Kier alpha value is -1.96. The van der Waals surface area contributed by atoms with Crippen molar-refractivity contribution in [3.63, 3.8) is 0 Å². The van der Waals surface area contributed by atoms with Gasteiger partial charge in [0.1, 0.15) is 0 Å². The fourth-order valence-corrected chi connectivity index (χ4v) is 3.74. The number of urea groups is 1. The molecule has 0 bridgehead atoms. The zero-order valence-electron chi connectivity index (χ0n) is 12.7. The summed E-state index contributed by atoms with van der Waals surface area (Å²) in [6.07, 6.45) is 3.34. The lowest BCUT2D eigenvalue weighted by Crippen LogP contribution is -2.38. The van der Waals surface area contributed by atoms with Crippen LogP contribution in [-0.4, -0.2) is 27.7 Å². The standard InChI is InChI=1S/C14H19N5O2S/c1-8-17-12(21-19-8)7-16-14(20)15-6-10-4-3-5-11-13(10)18-9(2)22-11/h10H,3-7H2,1-2H3,(H2,15,16,20)/t10-/m1/s1. The molecular formula is C14H19N5O2S. The highest BCUT2D eigenvalue weighted by molar-refractivity contribution is 7.11. The SMILES string of the molecule is Cc1noc(CNC(=O)NC[C@H]2CCCc3sc(C)nc32)n1. The number of aryl methyl sites for hydroxylation is 3. The molecule has 2 heterocycles. The van der Waals surface area contributed by atoms with Crippen LogP contribution in [0.5, 0.6) is 0 Å². The third-order valence-electron chi connectivity index (χ3n) is 3.66. The monoisotopic (exact) mass is 321 g/mol. The zero-order valence-corrected chi connectivity index (χ0v) is 13.5. The number of carbonyl (C=O) groups excluding carboxylic acids is 1. The Morgan fingerprint density at radius 2 is 2.23 bits per heavy atom. The first-order chi connectivity index (χ1) is 10.6. The van der Waals surface area contributed by atoms with Crippen LogP contribution in [0.2, 0.25) is 0 Å². The predicted octanol–water partition coefficient (Wildman–Crippen LogP) is 2.06. The van der Waals surface area contributed by atoms with Gasteiger partial charge in [0.25, 0.3) is 0 Å². The van der Waals surface area contributed by atoms with E-state index < -0.39 is 0 Å². The first-order valence-electron chi connectivity index (χ1n) is 7.39. The van der Waals surface area contributed by atoms with Crippen molar-refractivity contribution >= 4 is 17.4 Å². The number of nitrogens with zero attached hydrogens (tertiary/aromatic N) is 3. The minimum absolute atomic E-state index is 0.227. The van der Waals surface area contributed by atoms with Gasteiger partial charge in [0.2, 0.25) is 5.89 Å². The quantitative estimate of drug-likeness (QED) is 0.899. The maximum Gasteiger partial charge on any atom is 0.315 e. The van der Waals surface area contributed by atoms with Gasteiger partial charge in [-0.25, -0.2) is 9.78 Å². The Balaban J connectivity index is 1.49. The molecule has 2 amide bonds. The molecule has 0 spiro atoms. The predicted molar refractivity (Wildman–Crippen MR) is 81.8 cm³/mol. The zero-order chi connectivity index (χ0) is 15.5. The van der Waals surface area contributed by atoms with Gasteiger partial charge >= 0.3 is 6.03 Å². The van der Waals surface area contributed by atoms with Crippen LogP contribution in [-0.2, 0) is 13.0 Å². The van der Waals surface area contributed by atoms with E-state index in [9.17, 15) is 4.79 Å². The lowest BCUT2D eigenvalue weighted by Gasteiger charge is -2.21. The van der Waals surface area contributed by atoms with E-state index in [1.165, 1.54) is 10.6 Å². The minimum atomic E-state index is -0.227. The van der Waals surface area contributed by atoms with Crippen molar-refractivity contribution in [1.82, 2.24) is 25.8 Å². The summed E-state index contributed by atoms with van der Waals surface area (Å²) in [5, 5.41) is 10.4. The molecule has 2 aromatic rings. The Morgan fingerprint density at radius 3 is 3.00 bits per heavy atom. The molecule has 0 unspecified atom stereocenters. The van der Waals surface area contributed by atoms with Crippen LogP contribution in [0.3, 0.4) is 0 Å². The van der Waals surface area contributed by atoms with Crippen LogP contribution >= 0.6 is 11.3 Å². The fraction of sp³-hybridized carbons (Fsp3) is 0.571. The highest BCUT2D eigenvalue weighted by Crippen LogP contribution is 2.34. The molecule has 0 aromatic carbocycles. The number of carbonyl (C=O) groups is 1. The van der Waals surface area contributed by atoms with E-state index in [-0.39, 0.29) is 12.6 Å². The molecule has 0 saturated heterocycles. The average molecular weight is 321 g/mol. The van der Waals surface area contributed by atoms with Crippen LogP contribution in [0.1, 0.15) is 46.1 Å². The van der Waals surface area contributed by atoms with Crippen LogP contribution < -0.4 is 10.6 Å². The molecule has 0 aliphatic heterocycles. The highest BCUT2D eigenvalue weighted by atomic mass is 32.1. The fourth-order valence-electron chi connectivity index (χ4n) is 2.67. The third kappa shape index (κ3) is 3.44. The molecule has 3 rings (SSSR count). The van der Waals surface area contributed by atoms with Crippen molar-refractivity contribution in [2.45, 2.75) is 45.6 Å². The van der Waals surface area contributed by atoms with Crippen molar-refractivity contribution < 1.29 is 9.32 Å². The molecule has 0 fully saturated rings. The van der Waals surface area contributed by atoms with E-state index >= 15 is 0 Å². The van der Waals surface area contributed by atoms with Crippen molar-refractivity contribution in [3.8, 4) is 0 Å². The largest absolute Gasteiger partial charge is 0.337 e. The van der Waals surface area contributed by atoms with Gasteiger partial charge in [0.05, 0.1) is 17.2 Å². The second-order valence-corrected chi connectivity index (χ2v) is 6.72. The second kappa shape index (κ2) is 6.43. The summed E-state index contributed by atoms with van der Waals surface area (Å²) in [5.41, 5.74) is 1.17. The Labute approximate surface area is 132 Å². The maximum absolute atomic E-state index is 11.9. The van der Waals surface area contributed by atoms with E-state index in [0.717, 1.165) is 24.3 Å². The number of hydrogen-bond acceptors (Lipinski definition) is 6. The molecule has 2 N–H and O–H groups in total. The topological polar surface area (TPSA) is 92.9 Å². The van der Waals surface area contributed by atoms with E-state index in [4.69, 9.17) is 4.52 Å². The van der Waals surface area contributed by atoms with Gasteiger partial charge < -0.3 is 15.2 Å². The molecule has 8 heteroatoms. The van der Waals surface area contributed by atoms with Crippen LogP contribution in [0.25, 0.3) is 0 Å². The molecule has 1 atom stereocenters. The summed E-state index contributed by atoms with van der Waals surface area (Å²) >= 11 is 1.77. The number of nitrogens with one attached hydrogen (secondary N) is 2. The normalized spacial score (nSPS) is 17.1. The number of hydrogen-bond donors (Lipinski definition) is 2. The maximum atomic E-state index is 11.9. The van der Waals surface area contributed by atoms with Gasteiger partial charge in [-0.3, -0.25) is 0 Å². The lowest BCUT2D eigenvalue weighted by molar-refractivity contribution is 0.237. The molecular weight excluding hydrogens is 302 g/mol. The van der Waals surface area contributed by atoms with Gasteiger partial charge in [-0.05, 0) is 33.1 Å². The molecule has 7 nitrogen and oxygen atoms in total. The molecule has 22 heavy (non-hydrogen) atoms. The lowest BCUT2D eigenvalue weighted by atomic mass is 9.91. The van der Waals surface area contributed by atoms with Crippen LogP contribution in [0.15, 0.2) is 4.52 Å². The Morgan fingerprint density at radius 1 is 1.36 bits per heavy atom. The van der Waals surface area contributed by atoms with Gasteiger partial charge in [0, 0.05) is 17.3 Å². The third-order valence-corrected chi connectivity index (χ3v) is 4.70. The second-order valence-electron chi connectivity index (χ2n) is 5.43. The number of fused-ring (bicyclic) bond motifs is 1. The number of amides is 2. The number of thiazole rings is 1. The average Bonchev–Trinajstić information content (AvgIpc) is 3.07. The van der Waals surface area contributed by atoms with E-state index in [0.29, 0.717) is 24.2 Å². The summed E-state index contributed by atoms with van der Waals surface area (Å²) in [6, 6.07) is -0.227. The summed E-state index contributed by atoms with van der Waals surface area (Å²) < 4.78 is 4.95. The molecule has 0 radical (unpaired) electrons. The van der Waals surface area contributed by atoms with Crippen LogP contribution in [0, 0.1) is 13.8 Å². The summed E-state index contributed by atoms with van der Waals surface area (Å²) in [6.45, 7) is 4.61. The van der Waals surface area contributed by atoms with Gasteiger partial charge in [-0.1, -0.05) is 5.16 Å². The van der Waals surface area contributed by atoms with E-state index in [2.05, 4.69) is 25.8 Å². The van der Waals surface area contributed by atoms with Gasteiger partial charge in [0.15, 0.2) is 5.82 Å². The van der Waals surface area contributed by atoms with Crippen molar-refractivity contribution in [2.24, 2.45) is 0 Å². The Bertz CT molecular complexity index is 666. The van der Waals surface area contributed by atoms with Crippen molar-refractivity contribution in [3.05, 3.63) is 27.3 Å². The summed E-state index contributed by atoms with van der Waals surface area (Å²) in [7, 11) is 0. The highest BCUT2D eigenvalue weighted by Gasteiger charge is 2.24. The first-order valence-corrected chi connectivity index (χ1v) is 8.20. The molecule has 1 aliphatic carbocycles. The molecule has 0 saturated carbocycles. The summed E-state index contributed by atoms with van der Waals surface area (Å²) in [5.74, 6) is 1.28. The number of rotatable bonds is 4. The summed E-state index contributed by atoms with van der Waals surface area (Å²) in [4.78, 5) is 21.9. The van der Waals surface area contributed by atoms with Gasteiger partial charge in [-0.2, -0.15) is 4.98 Å². The van der Waals surface area contributed by atoms with Crippen molar-refractivity contribution in [1.29, 1.82) is 0 Å². The molecule has 1 aliphatic rings. The van der Waals surface area contributed by atoms with E-state index in [1.54, 1.807) is 18.3 Å². The molecule has 2 aromatic heterocycles. The van der Waals surface area contributed by atoms with E-state index in [1.807, 2.05) is 6.92 Å². The van der Waals surface area contributed by atoms with Crippen molar-refractivity contribution in [2.75, 3.05) is 6.54 Å². The first kappa shape index (κ1) is 15.0. The minimum Gasteiger partial charge on any atom is -0.337 e.